The first-order chi connectivity index (χ1) is 12.5. The van der Waals surface area contributed by atoms with Crippen LogP contribution >= 0.6 is 15.9 Å². The van der Waals surface area contributed by atoms with Crippen LogP contribution in [0.1, 0.15) is 15.9 Å². The number of ether oxygens (including phenoxy) is 2. The van der Waals surface area contributed by atoms with E-state index in [2.05, 4.69) is 27.8 Å². The zero-order valence-corrected chi connectivity index (χ0v) is 16.0. The molecule has 2 rings (SSSR count). The van der Waals surface area contributed by atoms with E-state index in [1.165, 1.54) is 6.08 Å². The molecule has 0 aromatic heterocycles. The number of carbonyl (C=O) groups excluding carboxylic acids is 2. The molecule has 2 aromatic carbocycles. The molecule has 0 saturated heterocycles. The van der Waals surface area contributed by atoms with Gasteiger partial charge in [0.2, 0.25) is 0 Å². The molecular formula is C20H18BrNO4. The Kier molecular flexibility index (Phi) is 6.74. The van der Waals surface area contributed by atoms with Crippen LogP contribution in [0, 0.1) is 0 Å². The highest BCUT2D eigenvalue weighted by atomic mass is 79.9. The molecule has 0 fully saturated rings. The van der Waals surface area contributed by atoms with Crippen molar-refractivity contribution in [2.24, 2.45) is 0 Å². The Bertz CT molecular complexity index is 857. The fourth-order valence-corrected chi connectivity index (χ4v) is 2.32. The first-order valence-corrected chi connectivity index (χ1v) is 8.44. The molecule has 0 heterocycles. The molecule has 0 aliphatic carbocycles. The zero-order chi connectivity index (χ0) is 19.1. The molecule has 0 aliphatic rings. The van der Waals surface area contributed by atoms with Gasteiger partial charge < -0.3 is 14.8 Å². The number of amides is 1. The highest BCUT2D eigenvalue weighted by Gasteiger charge is 2.09. The number of benzene rings is 2. The number of hydrogen-bond donors (Lipinski definition) is 1. The predicted molar refractivity (Wildman–Crippen MR) is 106 cm³/mol. The van der Waals surface area contributed by atoms with Crippen molar-refractivity contribution in [1.29, 1.82) is 0 Å². The topological polar surface area (TPSA) is 64.6 Å². The van der Waals surface area contributed by atoms with Crippen LogP contribution in [-0.2, 0) is 4.79 Å². The second-order valence-corrected chi connectivity index (χ2v) is 6.17. The fraction of sp³-hybridized carbons (Fsp3) is 0.100. The van der Waals surface area contributed by atoms with Gasteiger partial charge in [-0.25, -0.2) is 0 Å². The molecule has 0 unspecified atom stereocenters. The third-order valence-corrected chi connectivity index (χ3v) is 3.88. The van der Waals surface area contributed by atoms with E-state index in [-0.39, 0.29) is 16.2 Å². The molecule has 134 valence electrons. The molecule has 1 N–H and O–H groups in total. The van der Waals surface area contributed by atoms with E-state index in [1.54, 1.807) is 50.6 Å². The summed E-state index contributed by atoms with van der Waals surface area (Å²) in [6.45, 7) is 3.50. The molecule has 0 radical (unpaired) electrons. The average Bonchev–Trinajstić information content (AvgIpc) is 2.65. The summed E-state index contributed by atoms with van der Waals surface area (Å²) in [4.78, 5) is 23.9. The van der Waals surface area contributed by atoms with Crippen molar-refractivity contribution in [1.82, 2.24) is 0 Å². The summed E-state index contributed by atoms with van der Waals surface area (Å²) in [5, 5.41) is 2.65. The molecule has 6 heteroatoms. The van der Waals surface area contributed by atoms with Gasteiger partial charge in [-0.3, -0.25) is 9.59 Å². The van der Waals surface area contributed by atoms with Crippen molar-refractivity contribution in [3.05, 3.63) is 70.7 Å². The van der Waals surface area contributed by atoms with E-state index in [0.29, 0.717) is 22.7 Å². The number of carbonyl (C=O) groups is 2. The molecular weight excluding hydrogens is 398 g/mol. The number of nitrogens with one attached hydrogen (secondary N) is 1. The molecule has 0 saturated carbocycles. The van der Waals surface area contributed by atoms with Crippen LogP contribution in [0.2, 0.25) is 0 Å². The second kappa shape index (κ2) is 9.01. The molecule has 0 atom stereocenters. The molecule has 5 nitrogen and oxygen atoms in total. The molecule has 1 amide bonds. The van der Waals surface area contributed by atoms with Crippen molar-refractivity contribution in [2.45, 2.75) is 0 Å². The van der Waals surface area contributed by atoms with Crippen molar-refractivity contribution in [3.8, 4) is 11.5 Å². The largest absolute Gasteiger partial charge is 0.493 e. The third-order valence-electron chi connectivity index (χ3n) is 3.52. The van der Waals surface area contributed by atoms with E-state index in [9.17, 15) is 9.59 Å². The van der Waals surface area contributed by atoms with E-state index in [4.69, 9.17) is 9.47 Å². The lowest BCUT2D eigenvalue weighted by Gasteiger charge is -2.09. The SMILES string of the molecule is C=C(Br)C(=O)Nc1ccc(C(=O)/C=C/c2cccc(OC)c2OC)cc1. The maximum atomic E-state index is 12.3. The minimum Gasteiger partial charge on any atom is -0.493 e. The van der Waals surface area contributed by atoms with Gasteiger partial charge in [-0.15, -0.1) is 0 Å². The van der Waals surface area contributed by atoms with Gasteiger partial charge in [-0.1, -0.05) is 18.7 Å². The summed E-state index contributed by atoms with van der Waals surface area (Å²) in [6, 6.07) is 12.0. The number of rotatable bonds is 7. The number of allylic oxidation sites excluding steroid dienone is 1. The lowest BCUT2D eigenvalue weighted by molar-refractivity contribution is -0.112. The normalized spacial score (nSPS) is 10.4. The highest BCUT2D eigenvalue weighted by molar-refractivity contribution is 9.12. The highest BCUT2D eigenvalue weighted by Crippen LogP contribution is 2.31. The van der Waals surface area contributed by atoms with E-state index in [0.717, 1.165) is 5.56 Å². The number of para-hydroxylation sites is 1. The number of hydrogen-bond acceptors (Lipinski definition) is 4. The van der Waals surface area contributed by atoms with Gasteiger partial charge in [-0.2, -0.15) is 0 Å². The Labute approximate surface area is 160 Å². The Hall–Kier alpha value is -2.86. The second-order valence-electron chi connectivity index (χ2n) is 5.22. The van der Waals surface area contributed by atoms with Crippen LogP contribution in [-0.4, -0.2) is 25.9 Å². The van der Waals surface area contributed by atoms with Gasteiger partial charge >= 0.3 is 0 Å². The van der Waals surface area contributed by atoms with Gasteiger partial charge in [-0.05, 0) is 58.4 Å². The molecule has 0 bridgehead atoms. The summed E-state index contributed by atoms with van der Waals surface area (Å²) in [5.74, 6) is 0.648. The van der Waals surface area contributed by atoms with E-state index < -0.39 is 0 Å². The Balaban J connectivity index is 2.14. The molecule has 0 spiro atoms. The van der Waals surface area contributed by atoms with Crippen molar-refractivity contribution < 1.29 is 19.1 Å². The summed E-state index contributed by atoms with van der Waals surface area (Å²) >= 11 is 3.01. The number of anilines is 1. The van der Waals surface area contributed by atoms with Gasteiger partial charge in [0.1, 0.15) is 0 Å². The van der Waals surface area contributed by atoms with Gasteiger partial charge in [0.25, 0.3) is 5.91 Å². The Morgan fingerprint density at radius 3 is 2.35 bits per heavy atom. The van der Waals surface area contributed by atoms with Crippen LogP contribution in [0.3, 0.4) is 0 Å². The van der Waals surface area contributed by atoms with Crippen LogP contribution in [0.4, 0.5) is 5.69 Å². The van der Waals surface area contributed by atoms with E-state index in [1.807, 2.05) is 12.1 Å². The monoisotopic (exact) mass is 415 g/mol. The quantitative estimate of drug-likeness (QED) is 0.535. The standard InChI is InChI=1S/C20H18BrNO4/c1-13(21)20(24)22-16-10-7-14(8-11-16)17(23)12-9-15-5-4-6-18(25-2)19(15)26-3/h4-12H,1H2,2-3H3,(H,22,24)/b12-9+. The molecule has 2 aromatic rings. The fourth-order valence-electron chi connectivity index (χ4n) is 2.22. The number of methoxy groups -OCH3 is 2. The first-order valence-electron chi connectivity index (χ1n) is 7.65. The maximum absolute atomic E-state index is 12.3. The van der Waals surface area contributed by atoms with Crippen molar-refractivity contribution in [2.75, 3.05) is 19.5 Å². The Morgan fingerprint density at radius 1 is 1.08 bits per heavy atom. The van der Waals surface area contributed by atoms with Crippen molar-refractivity contribution >= 4 is 39.4 Å². The van der Waals surface area contributed by atoms with Crippen LogP contribution in [0.15, 0.2) is 59.6 Å². The summed E-state index contributed by atoms with van der Waals surface area (Å²) in [5.41, 5.74) is 1.81. The molecule has 26 heavy (non-hydrogen) atoms. The van der Waals surface area contributed by atoms with Gasteiger partial charge in [0.15, 0.2) is 17.3 Å². The predicted octanol–water partition coefficient (Wildman–Crippen LogP) is 4.45. The van der Waals surface area contributed by atoms with E-state index >= 15 is 0 Å². The third kappa shape index (κ3) is 4.83. The minimum atomic E-state index is -0.339. The summed E-state index contributed by atoms with van der Waals surface area (Å²) in [6.07, 6.45) is 3.14. The first kappa shape index (κ1) is 19.5. The van der Waals surface area contributed by atoms with Gasteiger partial charge in [0, 0.05) is 16.8 Å². The number of halogens is 1. The van der Waals surface area contributed by atoms with Crippen LogP contribution in [0.5, 0.6) is 11.5 Å². The minimum absolute atomic E-state index is 0.169. The summed E-state index contributed by atoms with van der Waals surface area (Å²) in [7, 11) is 3.10. The summed E-state index contributed by atoms with van der Waals surface area (Å²) < 4.78 is 10.8. The lowest BCUT2D eigenvalue weighted by atomic mass is 10.1. The number of ketones is 1. The molecule has 0 aliphatic heterocycles. The van der Waals surface area contributed by atoms with Crippen molar-refractivity contribution in [3.63, 3.8) is 0 Å². The van der Waals surface area contributed by atoms with Gasteiger partial charge in [0.05, 0.1) is 18.7 Å². The smallest absolute Gasteiger partial charge is 0.262 e. The average molecular weight is 416 g/mol. The zero-order valence-electron chi connectivity index (χ0n) is 14.4. The Morgan fingerprint density at radius 2 is 1.77 bits per heavy atom. The van der Waals surface area contributed by atoms with Crippen LogP contribution < -0.4 is 14.8 Å². The lowest BCUT2D eigenvalue weighted by Crippen LogP contribution is -2.10. The maximum Gasteiger partial charge on any atom is 0.262 e. The van der Waals surface area contributed by atoms with Crippen LogP contribution in [0.25, 0.3) is 6.08 Å².